The fourth-order valence-corrected chi connectivity index (χ4v) is 2.87. The average molecular weight is 328 g/mol. The molecule has 0 saturated carbocycles. The number of piperidine rings is 1. The molecule has 24 heavy (non-hydrogen) atoms. The molecule has 1 aromatic carbocycles. The van der Waals surface area contributed by atoms with Crippen molar-refractivity contribution < 1.29 is 14.3 Å². The molecule has 2 amide bonds. The number of aromatic nitrogens is 2. The highest BCUT2D eigenvalue weighted by Crippen LogP contribution is 2.21. The SMILES string of the molecule is NC(=O)c1cccc(OCC(=O)N2CCC[C@H](n3cccn3)C2)c1. The van der Waals surface area contributed by atoms with E-state index >= 15 is 0 Å². The van der Waals surface area contributed by atoms with Crippen LogP contribution in [0.1, 0.15) is 29.2 Å². The van der Waals surface area contributed by atoms with Crippen LogP contribution in [0.5, 0.6) is 5.75 Å². The van der Waals surface area contributed by atoms with Crippen molar-refractivity contribution in [3.8, 4) is 5.75 Å². The molecule has 0 spiro atoms. The van der Waals surface area contributed by atoms with Crippen molar-refractivity contribution >= 4 is 11.8 Å². The molecule has 0 unspecified atom stereocenters. The van der Waals surface area contributed by atoms with Crippen LogP contribution in [0.2, 0.25) is 0 Å². The molecule has 2 N–H and O–H groups in total. The van der Waals surface area contributed by atoms with E-state index in [1.165, 1.54) is 0 Å². The van der Waals surface area contributed by atoms with Crippen LogP contribution >= 0.6 is 0 Å². The van der Waals surface area contributed by atoms with Crippen LogP contribution in [-0.4, -0.2) is 46.2 Å². The number of nitrogens with zero attached hydrogens (tertiary/aromatic N) is 3. The third-order valence-corrected chi connectivity index (χ3v) is 4.13. The summed E-state index contributed by atoms with van der Waals surface area (Å²) in [7, 11) is 0. The summed E-state index contributed by atoms with van der Waals surface area (Å²) in [5, 5.41) is 4.26. The highest BCUT2D eigenvalue weighted by atomic mass is 16.5. The molecule has 1 atom stereocenters. The molecular formula is C17H20N4O3. The topological polar surface area (TPSA) is 90.5 Å². The highest BCUT2D eigenvalue weighted by Gasteiger charge is 2.25. The number of carbonyl (C=O) groups excluding carboxylic acids is 2. The molecule has 1 aliphatic heterocycles. The molecule has 0 radical (unpaired) electrons. The zero-order chi connectivity index (χ0) is 16.9. The van der Waals surface area contributed by atoms with Crippen LogP contribution in [0.15, 0.2) is 42.7 Å². The molecule has 3 rings (SSSR count). The van der Waals surface area contributed by atoms with Crippen molar-refractivity contribution in [2.45, 2.75) is 18.9 Å². The minimum atomic E-state index is -0.523. The second kappa shape index (κ2) is 7.16. The summed E-state index contributed by atoms with van der Waals surface area (Å²) in [6.07, 6.45) is 5.61. The van der Waals surface area contributed by atoms with Crippen molar-refractivity contribution in [1.82, 2.24) is 14.7 Å². The maximum absolute atomic E-state index is 12.4. The van der Waals surface area contributed by atoms with E-state index in [0.29, 0.717) is 17.9 Å². The summed E-state index contributed by atoms with van der Waals surface area (Å²) >= 11 is 0. The third kappa shape index (κ3) is 3.73. The summed E-state index contributed by atoms with van der Waals surface area (Å²) < 4.78 is 7.42. The van der Waals surface area contributed by atoms with Gasteiger partial charge in [0.1, 0.15) is 5.75 Å². The molecule has 0 bridgehead atoms. The summed E-state index contributed by atoms with van der Waals surface area (Å²) in [6, 6.07) is 8.61. The second-order valence-electron chi connectivity index (χ2n) is 5.80. The van der Waals surface area contributed by atoms with Gasteiger partial charge in [0, 0.05) is 31.0 Å². The molecule has 2 aromatic rings. The number of carbonyl (C=O) groups is 2. The smallest absolute Gasteiger partial charge is 0.260 e. The molecule has 2 heterocycles. The van der Waals surface area contributed by atoms with Crippen LogP contribution in [0.4, 0.5) is 0 Å². The minimum Gasteiger partial charge on any atom is -0.484 e. The Labute approximate surface area is 140 Å². The summed E-state index contributed by atoms with van der Waals surface area (Å²) in [6.45, 7) is 1.29. The van der Waals surface area contributed by atoms with E-state index < -0.39 is 5.91 Å². The lowest BCUT2D eigenvalue weighted by Crippen LogP contribution is -2.43. The first kappa shape index (κ1) is 16.0. The summed E-state index contributed by atoms with van der Waals surface area (Å²) in [5.74, 6) is -0.138. The van der Waals surface area contributed by atoms with Crippen molar-refractivity contribution in [3.63, 3.8) is 0 Å². The van der Waals surface area contributed by atoms with Gasteiger partial charge < -0.3 is 15.4 Å². The Morgan fingerprint density at radius 3 is 2.96 bits per heavy atom. The predicted molar refractivity (Wildman–Crippen MR) is 87.5 cm³/mol. The molecular weight excluding hydrogens is 308 g/mol. The Kier molecular flexibility index (Phi) is 4.79. The van der Waals surface area contributed by atoms with Gasteiger partial charge in [-0.25, -0.2) is 0 Å². The monoisotopic (exact) mass is 328 g/mol. The summed E-state index contributed by atoms with van der Waals surface area (Å²) in [4.78, 5) is 25.4. The minimum absolute atomic E-state index is 0.0615. The number of amides is 2. The average Bonchev–Trinajstić information content (AvgIpc) is 3.15. The third-order valence-electron chi connectivity index (χ3n) is 4.13. The highest BCUT2D eigenvalue weighted by molar-refractivity contribution is 5.93. The van der Waals surface area contributed by atoms with Crippen molar-refractivity contribution in [3.05, 3.63) is 48.3 Å². The van der Waals surface area contributed by atoms with Crippen LogP contribution in [0.25, 0.3) is 0 Å². The Morgan fingerprint density at radius 1 is 1.33 bits per heavy atom. The fraction of sp³-hybridized carbons (Fsp3) is 0.353. The van der Waals surface area contributed by atoms with E-state index in [4.69, 9.17) is 10.5 Å². The van der Waals surface area contributed by atoms with Gasteiger partial charge in [0.15, 0.2) is 6.61 Å². The Bertz CT molecular complexity index is 714. The lowest BCUT2D eigenvalue weighted by atomic mass is 10.1. The van der Waals surface area contributed by atoms with Crippen LogP contribution in [0.3, 0.4) is 0 Å². The first-order chi connectivity index (χ1) is 11.6. The number of hydrogen-bond donors (Lipinski definition) is 1. The molecule has 1 aromatic heterocycles. The maximum atomic E-state index is 12.4. The normalized spacial score (nSPS) is 17.5. The molecule has 1 fully saturated rings. The zero-order valence-electron chi connectivity index (χ0n) is 13.3. The van der Waals surface area contributed by atoms with E-state index in [9.17, 15) is 9.59 Å². The van der Waals surface area contributed by atoms with E-state index in [1.54, 1.807) is 35.4 Å². The first-order valence-corrected chi connectivity index (χ1v) is 7.93. The predicted octanol–water partition coefficient (Wildman–Crippen LogP) is 1.22. The van der Waals surface area contributed by atoms with E-state index in [2.05, 4.69) is 5.10 Å². The quantitative estimate of drug-likeness (QED) is 0.893. The zero-order valence-corrected chi connectivity index (χ0v) is 13.3. The standard InChI is InChI=1S/C17H20N4O3/c18-17(23)13-4-1-6-15(10-13)24-12-16(22)20-8-2-5-14(11-20)21-9-3-7-19-21/h1,3-4,6-7,9-10,14H,2,5,8,11-12H2,(H2,18,23)/t14-/m0/s1. The molecule has 7 nitrogen and oxygen atoms in total. The van der Waals surface area contributed by atoms with E-state index in [0.717, 1.165) is 19.4 Å². The Hall–Kier alpha value is -2.83. The van der Waals surface area contributed by atoms with Gasteiger partial charge in [-0.05, 0) is 37.1 Å². The first-order valence-electron chi connectivity index (χ1n) is 7.93. The van der Waals surface area contributed by atoms with Gasteiger partial charge in [-0.3, -0.25) is 14.3 Å². The maximum Gasteiger partial charge on any atom is 0.260 e. The second-order valence-corrected chi connectivity index (χ2v) is 5.80. The van der Waals surface area contributed by atoms with Crippen molar-refractivity contribution in [2.24, 2.45) is 5.73 Å². The van der Waals surface area contributed by atoms with Gasteiger partial charge >= 0.3 is 0 Å². The van der Waals surface area contributed by atoms with Crippen LogP contribution < -0.4 is 10.5 Å². The van der Waals surface area contributed by atoms with Gasteiger partial charge in [-0.1, -0.05) is 6.07 Å². The number of likely N-dealkylation sites (tertiary alicyclic amines) is 1. The van der Waals surface area contributed by atoms with Crippen molar-refractivity contribution in [1.29, 1.82) is 0 Å². The van der Waals surface area contributed by atoms with Gasteiger partial charge in [-0.15, -0.1) is 0 Å². The van der Waals surface area contributed by atoms with Crippen LogP contribution in [0, 0.1) is 0 Å². The lowest BCUT2D eigenvalue weighted by Gasteiger charge is -2.32. The number of ether oxygens (including phenoxy) is 1. The summed E-state index contributed by atoms with van der Waals surface area (Å²) in [5.41, 5.74) is 5.60. The van der Waals surface area contributed by atoms with Crippen LogP contribution in [-0.2, 0) is 4.79 Å². The van der Waals surface area contributed by atoms with Gasteiger partial charge in [0.25, 0.3) is 5.91 Å². The van der Waals surface area contributed by atoms with E-state index in [-0.39, 0.29) is 18.6 Å². The van der Waals surface area contributed by atoms with Gasteiger partial charge in [0.2, 0.25) is 5.91 Å². The van der Waals surface area contributed by atoms with E-state index in [1.807, 2.05) is 16.9 Å². The van der Waals surface area contributed by atoms with Gasteiger partial charge in [0.05, 0.1) is 6.04 Å². The molecule has 0 aliphatic carbocycles. The molecule has 7 heteroatoms. The molecule has 126 valence electrons. The number of rotatable bonds is 5. The lowest BCUT2D eigenvalue weighted by molar-refractivity contribution is -0.135. The van der Waals surface area contributed by atoms with Gasteiger partial charge in [-0.2, -0.15) is 5.10 Å². The molecule has 1 saturated heterocycles. The number of benzene rings is 1. The molecule has 1 aliphatic rings. The number of nitrogens with two attached hydrogens (primary N) is 1. The number of hydrogen-bond acceptors (Lipinski definition) is 4. The van der Waals surface area contributed by atoms with Crippen molar-refractivity contribution in [2.75, 3.05) is 19.7 Å². The Balaban J connectivity index is 1.57. The largest absolute Gasteiger partial charge is 0.484 e. The Morgan fingerprint density at radius 2 is 2.21 bits per heavy atom. The number of primary amides is 1. The fourth-order valence-electron chi connectivity index (χ4n) is 2.87.